The molecule has 0 saturated carbocycles. The highest BCUT2D eigenvalue weighted by atomic mass is 16.5. The minimum absolute atomic E-state index is 0.0235. The molecule has 3 rings (SSSR count). The SMILES string of the molecule is CCn1c(=O)n(CC(O)COc2ccc(C(=O)OC)cc2)c2ccccc21. The summed E-state index contributed by atoms with van der Waals surface area (Å²) in [6.07, 6.45) is -0.862. The lowest BCUT2D eigenvalue weighted by molar-refractivity contribution is 0.0600. The zero-order valence-electron chi connectivity index (χ0n) is 15.3. The zero-order chi connectivity index (χ0) is 19.4. The summed E-state index contributed by atoms with van der Waals surface area (Å²) < 4.78 is 13.5. The molecule has 0 spiro atoms. The molecular weight excluding hydrogens is 348 g/mol. The number of aryl methyl sites for hydroxylation is 1. The van der Waals surface area contributed by atoms with Gasteiger partial charge in [-0.1, -0.05) is 12.1 Å². The summed E-state index contributed by atoms with van der Waals surface area (Å²) in [5.41, 5.74) is 1.90. The average Bonchev–Trinajstić information content (AvgIpc) is 2.97. The number of hydrogen-bond acceptors (Lipinski definition) is 5. The molecule has 0 amide bonds. The number of esters is 1. The van der Waals surface area contributed by atoms with Crippen LogP contribution in [-0.2, 0) is 17.8 Å². The zero-order valence-corrected chi connectivity index (χ0v) is 15.3. The van der Waals surface area contributed by atoms with Crippen LogP contribution in [0.2, 0.25) is 0 Å². The Kier molecular flexibility index (Phi) is 5.61. The van der Waals surface area contributed by atoms with E-state index in [2.05, 4.69) is 4.74 Å². The van der Waals surface area contributed by atoms with Gasteiger partial charge in [-0.25, -0.2) is 9.59 Å². The Hall–Kier alpha value is -3.06. The van der Waals surface area contributed by atoms with Gasteiger partial charge in [-0.2, -0.15) is 0 Å². The first-order chi connectivity index (χ1) is 13.0. The number of hydrogen-bond donors (Lipinski definition) is 1. The van der Waals surface area contributed by atoms with Crippen LogP contribution in [0.5, 0.6) is 5.75 Å². The molecule has 0 aliphatic carbocycles. The molecule has 27 heavy (non-hydrogen) atoms. The van der Waals surface area contributed by atoms with Crippen molar-refractivity contribution >= 4 is 17.0 Å². The van der Waals surface area contributed by atoms with Crippen LogP contribution in [0.4, 0.5) is 0 Å². The number of methoxy groups -OCH3 is 1. The minimum atomic E-state index is -0.862. The molecule has 0 aliphatic heterocycles. The van der Waals surface area contributed by atoms with Gasteiger partial charge in [0.05, 0.1) is 30.3 Å². The van der Waals surface area contributed by atoms with Crippen molar-refractivity contribution in [2.24, 2.45) is 0 Å². The highest BCUT2D eigenvalue weighted by molar-refractivity contribution is 5.89. The van der Waals surface area contributed by atoms with E-state index in [-0.39, 0.29) is 18.8 Å². The molecule has 142 valence electrons. The lowest BCUT2D eigenvalue weighted by Gasteiger charge is -2.13. The maximum Gasteiger partial charge on any atom is 0.337 e. The van der Waals surface area contributed by atoms with E-state index in [1.807, 2.05) is 31.2 Å². The number of carbonyl (C=O) groups excluding carboxylic acids is 1. The molecule has 2 aromatic carbocycles. The number of rotatable bonds is 7. The fourth-order valence-corrected chi connectivity index (χ4v) is 3.02. The summed E-state index contributed by atoms with van der Waals surface area (Å²) in [4.78, 5) is 24.0. The number of imidazole rings is 1. The normalized spacial score (nSPS) is 12.1. The number of aliphatic hydroxyl groups excluding tert-OH is 1. The van der Waals surface area contributed by atoms with Crippen molar-refractivity contribution in [3.05, 3.63) is 64.6 Å². The first kappa shape index (κ1) is 18.7. The molecule has 0 bridgehead atoms. The van der Waals surface area contributed by atoms with E-state index < -0.39 is 12.1 Å². The third-order valence-electron chi connectivity index (χ3n) is 4.35. The van der Waals surface area contributed by atoms with Crippen LogP contribution in [-0.4, -0.2) is 40.0 Å². The number of carbonyl (C=O) groups is 1. The van der Waals surface area contributed by atoms with Crippen LogP contribution < -0.4 is 10.4 Å². The Bertz CT molecular complexity index is 988. The summed E-state index contributed by atoms with van der Waals surface area (Å²) in [7, 11) is 1.32. The maximum atomic E-state index is 12.6. The van der Waals surface area contributed by atoms with Gasteiger partial charge in [-0.3, -0.25) is 9.13 Å². The number of benzene rings is 2. The van der Waals surface area contributed by atoms with Crippen molar-refractivity contribution in [1.82, 2.24) is 9.13 Å². The summed E-state index contributed by atoms with van der Waals surface area (Å²) in [6.45, 7) is 2.63. The van der Waals surface area contributed by atoms with Gasteiger partial charge in [0.25, 0.3) is 0 Å². The van der Waals surface area contributed by atoms with E-state index in [1.165, 1.54) is 7.11 Å². The largest absolute Gasteiger partial charge is 0.491 e. The van der Waals surface area contributed by atoms with E-state index in [1.54, 1.807) is 33.4 Å². The summed E-state index contributed by atoms with van der Waals surface area (Å²) in [5.74, 6) is 0.0957. The second kappa shape index (κ2) is 8.09. The summed E-state index contributed by atoms with van der Waals surface area (Å²) in [5, 5.41) is 10.3. The Morgan fingerprint density at radius 2 is 1.70 bits per heavy atom. The molecule has 0 radical (unpaired) electrons. The molecule has 0 fully saturated rings. The van der Waals surface area contributed by atoms with E-state index in [9.17, 15) is 14.7 Å². The van der Waals surface area contributed by atoms with Crippen molar-refractivity contribution in [3.63, 3.8) is 0 Å². The van der Waals surface area contributed by atoms with Crippen LogP contribution >= 0.6 is 0 Å². The van der Waals surface area contributed by atoms with Gasteiger partial charge in [0.1, 0.15) is 18.5 Å². The van der Waals surface area contributed by atoms with Crippen LogP contribution in [0.1, 0.15) is 17.3 Å². The highest BCUT2D eigenvalue weighted by Gasteiger charge is 2.15. The molecule has 7 heteroatoms. The monoisotopic (exact) mass is 370 g/mol. The van der Waals surface area contributed by atoms with Gasteiger partial charge in [-0.05, 0) is 43.3 Å². The van der Waals surface area contributed by atoms with Gasteiger partial charge in [0, 0.05) is 6.54 Å². The van der Waals surface area contributed by atoms with Gasteiger partial charge < -0.3 is 14.6 Å². The standard InChI is InChI=1S/C20H22N2O5/c1-3-21-17-6-4-5-7-18(17)22(20(21)25)12-15(23)13-27-16-10-8-14(9-11-16)19(24)26-2/h4-11,15,23H,3,12-13H2,1-2H3. The molecule has 0 saturated heterocycles. The van der Waals surface area contributed by atoms with E-state index in [4.69, 9.17) is 4.74 Å². The average molecular weight is 370 g/mol. The van der Waals surface area contributed by atoms with Gasteiger partial charge in [0.2, 0.25) is 0 Å². The van der Waals surface area contributed by atoms with Crippen LogP contribution in [0.3, 0.4) is 0 Å². The van der Waals surface area contributed by atoms with Gasteiger partial charge >= 0.3 is 11.7 Å². The van der Waals surface area contributed by atoms with Crippen LogP contribution in [0, 0.1) is 0 Å². The number of fused-ring (bicyclic) bond motifs is 1. The molecule has 0 aliphatic rings. The van der Waals surface area contributed by atoms with Crippen molar-refractivity contribution in [2.75, 3.05) is 13.7 Å². The molecule has 1 unspecified atom stereocenters. The predicted octanol–water partition coefficient (Wildman–Crippen LogP) is 2.05. The first-order valence-electron chi connectivity index (χ1n) is 8.72. The predicted molar refractivity (Wildman–Crippen MR) is 101 cm³/mol. The van der Waals surface area contributed by atoms with E-state index in [0.29, 0.717) is 17.9 Å². The van der Waals surface area contributed by atoms with Crippen LogP contribution in [0.25, 0.3) is 11.0 Å². The molecule has 1 atom stereocenters. The topological polar surface area (TPSA) is 82.7 Å². The quantitative estimate of drug-likeness (QED) is 0.644. The highest BCUT2D eigenvalue weighted by Crippen LogP contribution is 2.15. The second-order valence-corrected chi connectivity index (χ2v) is 6.11. The van der Waals surface area contributed by atoms with Crippen molar-refractivity contribution in [1.29, 1.82) is 0 Å². The Labute approximate surface area is 156 Å². The minimum Gasteiger partial charge on any atom is -0.491 e. The molecule has 1 aromatic heterocycles. The fraction of sp³-hybridized carbons (Fsp3) is 0.300. The molecule has 1 heterocycles. The first-order valence-corrected chi connectivity index (χ1v) is 8.72. The van der Waals surface area contributed by atoms with Gasteiger partial charge in [0.15, 0.2) is 0 Å². The Morgan fingerprint density at radius 3 is 2.30 bits per heavy atom. The number of nitrogens with zero attached hydrogens (tertiary/aromatic N) is 2. The van der Waals surface area contributed by atoms with Gasteiger partial charge in [-0.15, -0.1) is 0 Å². The third-order valence-corrected chi connectivity index (χ3v) is 4.35. The Morgan fingerprint density at radius 1 is 1.07 bits per heavy atom. The summed E-state index contributed by atoms with van der Waals surface area (Å²) >= 11 is 0. The third kappa shape index (κ3) is 3.88. The Balaban J connectivity index is 1.69. The molecule has 3 aromatic rings. The van der Waals surface area contributed by atoms with Crippen molar-refractivity contribution in [2.45, 2.75) is 26.1 Å². The van der Waals surface area contributed by atoms with E-state index in [0.717, 1.165) is 11.0 Å². The van der Waals surface area contributed by atoms with Crippen molar-refractivity contribution in [3.8, 4) is 5.75 Å². The van der Waals surface area contributed by atoms with Crippen molar-refractivity contribution < 1.29 is 19.4 Å². The number of para-hydroxylation sites is 2. The number of ether oxygens (including phenoxy) is 2. The maximum absolute atomic E-state index is 12.6. The fourth-order valence-electron chi connectivity index (χ4n) is 3.02. The molecule has 1 N–H and O–H groups in total. The lowest BCUT2D eigenvalue weighted by atomic mass is 10.2. The second-order valence-electron chi connectivity index (χ2n) is 6.11. The number of aliphatic hydroxyl groups is 1. The molecular formula is C20H22N2O5. The number of aromatic nitrogens is 2. The smallest absolute Gasteiger partial charge is 0.337 e. The lowest BCUT2D eigenvalue weighted by Crippen LogP contribution is -2.31. The van der Waals surface area contributed by atoms with Crippen LogP contribution in [0.15, 0.2) is 53.3 Å². The summed E-state index contributed by atoms with van der Waals surface area (Å²) in [6, 6.07) is 14.0. The molecule has 7 nitrogen and oxygen atoms in total. The van der Waals surface area contributed by atoms with E-state index >= 15 is 0 Å².